The van der Waals surface area contributed by atoms with Crippen LogP contribution < -0.4 is 5.73 Å². The normalized spacial score (nSPS) is 29.4. The molecular formula is C14H27NO2. The molecule has 2 unspecified atom stereocenters. The van der Waals surface area contributed by atoms with Gasteiger partial charge >= 0.3 is 5.97 Å². The SMILES string of the molecule is COC(=O)CC1(CN)CCCC(CC(C)C)C1. The van der Waals surface area contributed by atoms with E-state index in [1.54, 1.807) is 0 Å². The van der Waals surface area contributed by atoms with E-state index in [2.05, 4.69) is 13.8 Å². The summed E-state index contributed by atoms with van der Waals surface area (Å²) in [5, 5.41) is 0. The molecule has 3 heteroatoms. The second-order valence-electron chi connectivity index (χ2n) is 6.05. The molecule has 1 fully saturated rings. The Morgan fingerprint density at radius 2 is 2.24 bits per heavy atom. The van der Waals surface area contributed by atoms with Crippen LogP contribution in [0.3, 0.4) is 0 Å². The summed E-state index contributed by atoms with van der Waals surface area (Å²) in [5.41, 5.74) is 5.93. The first kappa shape index (κ1) is 14.5. The Morgan fingerprint density at radius 1 is 1.53 bits per heavy atom. The smallest absolute Gasteiger partial charge is 0.306 e. The number of rotatable bonds is 5. The van der Waals surface area contributed by atoms with E-state index in [1.165, 1.54) is 26.4 Å². The lowest BCUT2D eigenvalue weighted by molar-refractivity contribution is -0.144. The number of hydrogen-bond donors (Lipinski definition) is 1. The summed E-state index contributed by atoms with van der Waals surface area (Å²) in [6.07, 6.45) is 6.41. The summed E-state index contributed by atoms with van der Waals surface area (Å²) in [7, 11) is 1.46. The molecule has 0 heterocycles. The van der Waals surface area contributed by atoms with Gasteiger partial charge in [0.25, 0.3) is 0 Å². The maximum atomic E-state index is 11.5. The maximum absolute atomic E-state index is 11.5. The zero-order valence-electron chi connectivity index (χ0n) is 11.5. The number of carbonyl (C=O) groups is 1. The predicted molar refractivity (Wildman–Crippen MR) is 69.5 cm³/mol. The molecule has 1 aliphatic carbocycles. The largest absolute Gasteiger partial charge is 0.469 e. The summed E-state index contributed by atoms with van der Waals surface area (Å²) < 4.78 is 4.80. The molecule has 0 bridgehead atoms. The summed E-state index contributed by atoms with van der Waals surface area (Å²) in [5.74, 6) is 1.35. The van der Waals surface area contributed by atoms with Crippen LogP contribution in [0.2, 0.25) is 0 Å². The molecule has 0 aliphatic heterocycles. The third kappa shape index (κ3) is 4.30. The molecule has 3 nitrogen and oxygen atoms in total. The third-order valence-electron chi connectivity index (χ3n) is 4.03. The van der Waals surface area contributed by atoms with Crippen LogP contribution in [0.15, 0.2) is 0 Å². The second kappa shape index (κ2) is 6.39. The number of methoxy groups -OCH3 is 1. The molecule has 0 spiro atoms. The van der Waals surface area contributed by atoms with Crippen molar-refractivity contribution >= 4 is 5.97 Å². The molecule has 0 aromatic carbocycles. The zero-order chi connectivity index (χ0) is 12.9. The highest BCUT2D eigenvalue weighted by atomic mass is 16.5. The average molecular weight is 241 g/mol. The molecular weight excluding hydrogens is 214 g/mol. The van der Waals surface area contributed by atoms with E-state index in [9.17, 15) is 4.79 Å². The van der Waals surface area contributed by atoms with E-state index in [0.717, 1.165) is 24.7 Å². The van der Waals surface area contributed by atoms with Crippen molar-refractivity contribution in [3.63, 3.8) is 0 Å². The standard InChI is InChI=1S/C14H27NO2/c1-11(2)7-12-5-4-6-14(8-12,10-15)9-13(16)17-3/h11-12H,4-10,15H2,1-3H3. The van der Waals surface area contributed by atoms with Crippen LogP contribution in [0.25, 0.3) is 0 Å². The van der Waals surface area contributed by atoms with Gasteiger partial charge in [0.05, 0.1) is 13.5 Å². The van der Waals surface area contributed by atoms with Gasteiger partial charge in [-0.1, -0.05) is 26.7 Å². The van der Waals surface area contributed by atoms with E-state index in [-0.39, 0.29) is 11.4 Å². The van der Waals surface area contributed by atoms with Crippen molar-refractivity contribution in [2.24, 2.45) is 23.0 Å². The van der Waals surface area contributed by atoms with Gasteiger partial charge in [-0.3, -0.25) is 4.79 Å². The number of hydrogen-bond acceptors (Lipinski definition) is 3. The quantitative estimate of drug-likeness (QED) is 0.753. The lowest BCUT2D eigenvalue weighted by Crippen LogP contribution is -2.38. The Balaban J connectivity index is 2.61. The molecule has 2 N–H and O–H groups in total. The minimum absolute atomic E-state index is 0.00486. The lowest BCUT2D eigenvalue weighted by Gasteiger charge is -2.40. The van der Waals surface area contributed by atoms with Gasteiger partial charge in [0.15, 0.2) is 0 Å². The van der Waals surface area contributed by atoms with E-state index >= 15 is 0 Å². The fourth-order valence-corrected chi connectivity index (χ4v) is 3.25. The van der Waals surface area contributed by atoms with Crippen molar-refractivity contribution in [2.45, 2.75) is 52.4 Å². The molecule has 0 aromatic rings. The zero-order valence-corrected chi connectivity index (χ0v) is 11.5. The highest BCUT2D eigenvalue weighted by Gasteiger charge is 2.37. The van der Waals surface area contributed by atoms with Gasteiger partial charge in [-0.15, -0.1) is 0 Å². The van der Waals surface area contributed by atoms with Gasteiger partial charge in [-0.2, -0.15) is 0 Å². The Kier molecular flexibility index (Phi) is 5.44. The second-order valence-corrected chi connectivity index (χ2v) is 6.05. The average Bonchev–Trinajstić information content (AvgIpc) is 2.28. The number of ether oxygens (including phenoxy) is 1. The van der Waals surface area contributed by atoms with Gasteiger partial charge in [0, 0.05) is 0 Å². The molecule has 0 saturated heterocycles. The van der Waals surface area contributed by atoms with Crippen LogP contribution >= 0.6 is 0 Å². The van der Waals surface area contributed by atoms with Crippen molar-refractivity contribution in [2.75, 3.05) is 13.7 Å². The first-order valence-corrected chi connectivity index (χ1v) is 6.78. The van der Waals surface area contributed by atoms with Gasteiger partial charge in [-0.05, 0) is 43.1 Å². The molecule has 17 heavy (non-hydrogen) atoms. The van der Waals surface area contributed by atoms with Gasteiger partial charge in [0.1, 0.15) is 0 Å². The molecule has 0 aromatic heterocycles. The Labute approximate surface area is 105 Å². The minimum Gasteiger partial charge on any atom is -0.469 e. The molecule has 100 valence electrons. The van der Waals surface area contributed by atoms with E-state index in [4.69, 9.17) is 10.5 Å². The van der Waals surface area contributed by atoms with Crippen LogP contribution in [0.4, 0.5) is 0 Å². The minimum atomic E-state index is -0.111. The highest BCUT2D eigenvalue weighted by molar-refractivity contribution is 5.70. The Morgan fingerprint density at radius 3 is 2.76 bits per heavy atom. The molecule has 1 saturated carbocycles. The highest BCUT2D eigenvalue weighted by Crippen LogP contribution is 2.43. The number of carbonyl (C=O) groups excluding carboxylic acids is 1. The van der Waals surface area contributed by atoms with Crippen LogP contribution in [0.1, 0.15) is 52.4 Å². The summed E-state index contributed by atoms with van der Waals surface area (Å²) in [4.78, 5) is 11.5. The molecule has 2 atom stereocenters. The maximum Gasteiger partial charge on any atom is 0.306 e. The summed E-state index contributed by atoms with van der Waals surface area (Å²) in [6.45, 7) is 5.13. The van der Waals surface area contributed by atoms with Crippen molar-refractivity contribution in [3.05, 3.63) is 0 Å². The predicted octanol–water partition coefficient (Wildman–Crippen LogP) is 2.73. The topological polar surface area (TPSA) is 52.3 Å². The van der Waals surface area contributed by atoms with Gasteiger partial charge in [0.2, 0.25) is 0 Å². The number of nitrogens with two attached hydrogens (primary N) is 1. The van der Waals surface area contributed by atoms with E-state index in [1.807, 2.05) is 0 Å². The third-order valence-corrected chi connectivity index (χ3v) is 4.03. The Hall–Kier alpha value is -0.570. The first-order chi connectivity index (χ1) is 8.01. The fraction of sp³-hybridized carbons (Fsp3) is 0.929. The van der Waals surface area contributed by atoms with Crippen molar-refractivity contribution in [1.82, 2.24) is 0 Å². The van der Waals surface area contributed by atoms with Gasteiger partial charge in [-0.25, -0.2) is 0 Å². The number of esters is 1. The summed E-state index contributed by atoms with van der Waals surface area (Å²) in [6, 6.07) is 0. The van der Waals surface area contributed by atoms with Crippen LogP contribution in [0, 0.1) is 17.3 Å². The molecule has 0 amide bonds. The van der Waals surface area contributed by atoms with Crippen LogP contribution in [-0.2, 0) is 9.53 Å². The lowest BCUT2D eigenvalue weighted by atomic mass is 9.66. The van der Waals surface area contributed by atoms with Crippen molar-refractivity contribution < 1.29 is 9.53 Å². The molecule has 1 aliphatic rings. The van der Waals surface area contributed by atoms with Crippen molar-refractivity contribution in [1.29, 1.82) is 0 Å². The van der Waals surface area contributed by atoms with E-state index < -0.39 is 0 Å². The molecule has 0 radical (unpaired) electrons. The van der Waals surface area contributed by atoms with Crippen LogP contribution in [-0.4, -0.2) is 19.6 Å². The van der Waals surface area contributed by atoms with Crippen molar-refractivity contribution in [3.8, 4) is 0 Å². The Bertz CT molecular complexity index is 253. The van der Waals surface area contributed by atoms with Crippen LogP contribution in [0.5, 0.6) is 0 Å². The fourth-order valence-electron chi connectivity index (χ4n) is 3.25. The van der Waals surface area contributed by atoms with E-state index in [0.29, 0.717) is 13.0 Å². The first-order valence-electron chi connectivity index (χ1n) is 6.78. The molecule has 1 rings (SSSR count). The van der Waals surface area contributed by atoms with Gasteiger partial charge < -0.3 is 10.5 Å². The summed E-state index contributed by atoms with van der Waals surface area (Å²) >= 11 is 0. The monoisotopic (exact) mass is 241 g/mol.